The molecule has 29 heavy (non-hydrogen) atoms. The summed E-state index contributed by atoms with van der Waals surface area (Å²) in [7, 11) is 0. The molecule has 0 aromatic heterocycles. The van der Waals surface area contributed by atoms with Crippen LogP contribution in [0.3, 0.4) is 0 Å². The van der Waals surface area contributed by atoms with E-state index in [0.717, 1.165) is 5.56 Å². The van der Waals surface area contributed by atoms with Gasteiger partial charge in [0.05, 0.1) is 0 Å². The summed E-state index contributed by atoms with van der Waals surface area (Å²) in [6, 6.07) is 16.6. The Bertz CT molecular complexity index is 831. The second-order valence-corrected chi connectivity index (χ2v) is 7.60. The summed E-state index contributed by atoms with van der Waals surface area (Å²) >= 11 is 6.03. The van der Waals surface area contributed by atoms with Crippen LogP contribution in [0, 0.1) is 0 Å². The van der Waals surface area contributed by atoms with E-state index in [1.807, 2.05) is 54.0 Å². The fraction of sp³-hybridized carbons (Fsp3) is 0.391. The van der Waals surface area contributed by atoms with Gasteiger partial charge in [0.25, 0.3) is 5.91 Å². The van der Waals surface area contributed by atoms with Crippen LogP contribution in [0.15, 0.2) is 54.6 Å². The molecule has 154 valence electrons. The minimum absolute atomic E-state index is 0.0153. The summed E-state index contributed by atoms with van der Waals surface area (Å²) in [4.78, 5) is 32.0. The van der Waals surface area contributed by atoms with Gasteiger partial charge >= 0.3 is 0 Å². The molecule has 1 heterocycles. The molecule has 0 saturated carbocycles. The summed E-state index contributed by atoms with van der Waals surface area (Å²) < 4.78 is 0. The van der Waals surface area contributed by atoms with Gasteiger partial charge < -0.3 is 9.80 Å². The molecule has 3 rings (SSSR count). The minimum Gasteiger partial charge on any atom is -0.342 e. The highest BCUT2D eigenvalue weighted by Crippen LogP contribution is 2.25. The number of nitrogens with zero attached hydrogens (tertiary/aromatic N) is 3. The average molecular weight is 414 g/mol. The van der Waals surface area contributed by atoms with E-state index in [1.165, 1.54) is 0 Å². The maximum absolute atomic E-state index is 13.3. The highest BCUT2D eigenvalue weighted by atomic mass is 35.5. The van der Waals surface area contributed by atoms with Crippen LogP contribution in [0.4, 0.5) is 0 Å². The number of amides is 2. The molecule has 1 unspecified atom stereocenters. The number of hydrogen-bond acceptors (Lipinski definition) is 3. The molecule has 6 heteroatoms. The largest absolute Gasteiger partial charge is 0.342 e. The highest BCUT2D eigenvalue weighted by molar-refractivity contribution is 6.30. The lowest BCUT2D eigenvalue weighted by Crippen LogP contribution is -2.53. The van der Waals surface area contributed by atoms with Gasteiger partial charge in [-0.3, -0.25) is 14.5 Å². The molecule has 0 bridgehead atoms. The molecule has 0 radical (unpaired) electrons. The molecule has 5 nitrogen and oxygen atoms in total. The standard InChI is InChI=1S/C23H28ClN3O2/c1-3-25(4-2)23(29)21(18-9-6-5-7-10-18)26-13-15-27(16-14-26)22(28)19-11-8-12-20(24)17-19/h5-12,17,21H,3-4,13-16H2,1-2H3. The normalized spacial score (nSPS) is 15.8. The molecular formula is C23H28ClN3O2. The first-order valence-electron chi connectivity index (χ1n) is 10.2. The molecule has 1 saturated heterocycles. The first-order valence-corrected chi connectivity index (χ1v) is 10.6. The van der Waals surface area contributed by atoms with Crippen LogP contribution >= 0.6 is 11.6 Å². The SMILES string of the molecule is CCN(CC)C(=O)C(c1ccccc1)N1CCN(C(=O)c2cccc(Cl)c2)CC1. The summed E-state index contributed by atoms with van der Waals surface area (Å²) in [6.45, 7) is 7.85. The fourth-order valence-corrected chi connectivity index (χ4v) is 4.03. The number of piperazine rings is 1. The Labute approximate surface area is 177 Å². The van der Waals surface area contributed by atoms with Gasteiger partial charge in [0.1, 0.15) is 6.04 Å². The Morgan fingerprint density at radius 2 is 1.62 bits per heavy atom. The topological polar surface area (TPSA) is 43.9 Å². The molecular weight excluding hydrogens is 386 g/mol. The molecule has 0 N–H and O–H groups in total. The molecule has 1 fully saturated rings. The maximum atomic E-state index is 13.3. The van der Waals surface area contributed by atoms with Crippen LogP contribution in [-0.2, 0) is 4.79 Å². The quantitative estimate of drug-likeness (QED) is 0.725. The number of halogens is 1. The minimum atomic E-state index is -0.320. The molecule has 2 amide bonds. The van der Waals surface area contributed by atoms with Gasteiger partial charge in [-0.25, -0.2) is 0 Å². The number of carbonyl (C=O) groups is 2. The van der Waals surface area contributed by atoms with E-state index >= 15 is 0 Å². The van der Waals surface area contributed by atoms with Crippen LogP contribution in [0.1, 0.15) is 35.8 Å². The van der Waals surface area contributed by atoms with E-state index in [0.29, 0.717) is 49.9 Å². The molecule has 2 aromatic rings. The first-order chi connectivity index (χ1) is 14.0. The second-order valence-electron chi connectivity index (χ2n) is 7.16. The van der Waals surface area contributed by atoms with E-state index in [1.54, 1.807) is 24.3 Å². The van der Waals surface area contributed by atoms with E-state index in [9.17, 15) is 9.59 Å². The van der Waals surface area contributed by atoms with Gasteiger partial charge in [-0.2, -0.15) is 0 Å². The average Bonchev–Trinajstić information content (AvgIpc) is 2.75. The fourth-order valence-electron chi connectivity index (χ4n) is 3.84. The van der Waals surface area contributed by atoms with Gasteiger partial charge in [0.2, 0.25) is 5.91 Å². The Kier molecular flexibility index (Phi) is 7.29. The zero-order valence-electron chi connectivity index (χ0n) is 17.1. The van der Waals surface area contributed by atoms with Crippen molar-refractivity contribution in [3.05, 3.63) is 70.7 Å². The van der Waals surface area contributed by atoms with Crippen LogP contribution in [0.5, 0.6) is 0 Å². The van der Waals surface area contributed by atoms with Gasteiger partial charge in [0.15, 0.2) is 0 Å². The molecule has 2 aromatic carbocycles. The van der Waals surface area contributed by atoms with Crippen molar-refractivity contribution in [2.45, 2.75) is 19.9 Å². The van der Waals surface area contributed by atoms with Crippen molar-refractivity contribution in [2.24, 2.45) is 0 Å². The second kappa shape index (κ2) is 9.90. The van der Waals surface area contributed by atoms with Gasteiger partial charge in [-0.05, 0) is 37.6 Å². The van der Waals surface area contributed by atoms with Gasteiger partial charge in [0, 0.05) is 49.9 Å². The summed E-state index contributed by atoms with van der Waals surface area (Å²) in [5.74, 6) is 0.106. The van der Waals surface area contributed by atoms with Crippen molar-refractivity contribution in [1.82, 2.24) is 14.7 Å². The molecule has 1 atom stereocenters. The molecule has 1 aliphatic rings. The Morgan fingerprint density at radius 3 is 2.21 bits per heavy atom. The number of likely N-dealkylation sites (N-methyl/N-ethyl adjacent to an activating group) is 1. The smallest absolute Gasteiger partial charge is 0.253 e. The lowest BCUT2D eigenvalue weighted by molar-refractivity contribution is -0.137. The van der Waals surface area contributed by atoms with E-state index in [-0.39, 0.29) is 17.9 Å². The Balaban J connectivity index is 1.74. The van der Waals surface area contributed by atoms with E-state index in [2.05, 4.69) is 4.90 Å². The van der Waals surface area contributed by atoms with Crippen LogP contribution in [-0.4, -0.2) is 65.8 Å². The molecule has 0 aliphatic carbocycles. The van der Waals surface area contributed by atoms with Crippen molar-refractivity contribution in [3.63, 3.8) is 0 Å². The highest BCUT2D eigenvalue weighted by Gasteiger charge is 2.33. The zero-order chi connectivity index (χ0) is 20.8. The summed E-state index contributed by atoms with van der Waals surface area (Å²) in [5, 5.41) is 0.559. The van der Waals surface area contributed by atoms with Crippen LogP contribution in [0.25, 0.3) is 0 Å². The van der Waals surface area contributed by atoms with Gasteiger partial charge in [-0.15, -0.1) is 0 Å². The number of carbonyl (C=O) groups excluding carboxylic acids is 2. The monoisotopic (exact) mass is 413 g/mol. The number of rotatable bonds is 6. The zero-order valence-corrected chi connectivity index (χ0v) is 17.8. The lowest BCUT2D eigenvalue weighted by atomic mass is 10.0. The van der Waals surface area contributed by atoms with Crippen molar-refractivity contribution < 1.29 is 9.59 Å². The summed E-state index contributed by atoms with van der Waals surface area (Å²) in [5.41, 5.74) is 1.60. The predicted octanol–water partition coefficient (Wildman–Crippen LogP) is 3.71. The third-order valence-corrected chi connectivity index (χ3v) is 5.70. The van der Waals surface area contributed by atoms with Crippen molar-refractivity contribution >= 4 is 23.4 Å². The Hall–Kier alpha value is -2.37. The molecule has 1 aliphatic heterocycles. The third kappa shape index (κ3) is 4.98. The maximum Gasteiger partial charge on any atom is 0.253 e. The number of hydrogen-bond donors (Lipinski definition) is 0. The first kappa shape index (κ1) is 21.3. The third-order valence-electron chi connectivity index (χ3n) is 5.46. The van der Waals surface area contributed by atoms with Crippen molar-refractivity contribution in [3.8, 4) is 0 Å². The Morgan fingerprint density at radius 1 is 0.966 bits per heavy atom. The predicted molar refractivity (Wildman–Crippen MR) is 116 cm³/mol. The number of benzene rings is 2. The van der Waals surface area contributed by atoms with Crippen LogP contribution < -0.4 is 0 Å². The van der Waals surface area contributed by atoms with Crippen LogP contribution in [0.2, 0.25) is 5.02 Å². The van der Waals surface area contributed by atoms with E-state index in [4.69, 9.17) is 11.6 Å². The molecule has 0 spiro atoms. The lowest BCUT2D eigenvalue weighted by Gasteiger charge is -2.40. The van der Waals surface area contributed by atoms with Crippen molar-refractivity contribution in [2.75, 3.05) is 39.3 Å². The van der Waals surface area contributed by atoms with Crippen molar-refractivity contribution in [1.29, 1.82) is 0 Å². The van der Waals surface area contributed by atoms with E-state index < -0.39 is 0 Å². The van der Waals surface area contributed by atoms with Gasteiger partial charge in [-0.1, -0.05) is 48.0 Å². The summed E-state index contributed by atoms with van der Waals surface area (Å²) in [6.07, 6.45) is 0.